The second-order valence-electron chi connectivity index (χ2n) is 16.5. The molecule has 0 amide bonds. The van der Waals surface area contributed by atoms with Crippen molar-refractivity contribution in [3.05, 3.63) is 231 Å². The van der Waals surface area contributed by atoms with Crippen molar-refractivity contribution in [1.82, 2.24) is 0 Å². The van der Waals surface area contributed by atoms with E-state index in [1.54, 1.807) is 0 Å². The number of para-hydroxylation sites is 2. The van der Waals surface area contributed by atoms with Gasteiger partial charge in [-0.1, -0.05) is 133 Å². The molecule has 10 aromatic carbocycles. The van der Waals surface area contributed by atoms with Crippen LogP contribution in [0, 0.1) is 0 Å². The van der Waals surface area contributed by atoms with Crippen LogP contribution in [0.25, 0.3) is 88.4 Å². The van der Waals surface area contributed by atoms with Crippen molar-refractivity contribution < 1.29 is 8.83 Å². The van der Waals surface area contributed by atoms with Crippen molar-refractivity contribution in [2.45, 2.75) is 0 Å². The number of benzene rings is 10. The first-order valence-corrected chi connectivity index (χ1v) is 21.7. The molecule has 7 aliphatic heterocycles. The van der Waals surface area contributed by atoms with Crippen LogP contribution in [-0.4, -0.2) is 0 Å². The Hall–Kier alpha value is -8.60. The molecule has 12 aromatic rings. The lowest BCUT2D eigenvalue weighted by Gasteiger charge is -2.27. The van der Waals surface area contributed by atoms with Crippen LogP contribution in [0.15, 0.2) is 239 Å². The molecule has 0 fully saturated rings. The number of nitrogens with zero attached hydrogens (tertiary/aromatic N) is 2. The number of anilines is 6. The zero-order valence-corrected chi connectivity index (χ0v) is 34.7. The highest BCUT2D eigenvalue weighted by Crippen LogP contribution is 2.44. The van der Waals surface area contributed by atoms with E-state index in [0.29, 0.717) is 0 Å². The maximum absolute atomic E-state index is 6.26. The monoisotopic (exact) mass is 818 g/mol. The zero-order chi connectivity index (χ0) is 42.1. The van der Waals surface area contributed by atoms with Gasteiger partial charge in [-0.15, -0.1) is 0 Å². The Morgan fingerprint density at radius 1 is 0.219 bits per heavy atom. The molecule has 2 aromatic heterocycles. The van der Waals surface area contributed by atoms with Gasteiger partial charge in [-0.25, -0.2) is 0 Å². The molecule has 0 aliphatic carbocycles. The Morgan fingerprint density at radius 2 is 0.484 bits per heavy atom. The number of rotatable bonds is 2. The minimum atomic E-state index is 0.877. The third kappa shape index (κ3) is 5.92. The van der Waals surface area contributed by atoms with Gasteiger partial charge in [0, 0.05) is 55.7 Å². The van der Waals surface area contributed by atoms with Crippen LogP contribution in [0.2, 0.25) is 0 Å². The van der Waals surface area contributed by atoms with Gasteiger partial charge >= 0.3 is 0 Å². The van der Waals surface area contributed by atoms with Crippen LogP contribution in [-0.2, 0) is 0 Å². The van der Waals surface area contributed by atoms with Crippen molar-refractivity contribution in [1.29, 1.82) is 0 Å². The first-order valence-electron chi connectivity index (χ1n) is 21.7. The fraction of sp³-hybridized carbons (Fsp3) is 0. The molecule has 7 aliphatic rings. The van der Waals surface area contributed by atoms with Crippen molar-refractivity contribution >= 4 is 78.0 Å². The Balaban J connectivity index is 0.994. The van der Waals surface area contributed by atoms with Gasteiger partial charge in [0.2, 0.25) is 0 Å². The summed E-state index contributed by atoms with van der Waals surface area (Å²) in [6.45, 7) is 0. The van der Waals surface area contributed by atoms with Gasteiger partial charge in [-0.05, 0) is 142 Å². The van der Waals surface area contributed by atoms with Crippen LogP contribution in [0.4, 0.5) is 34.1 Å². The summed E-state index contributed by atoms with van der Waals surface area (Å²) in [4.78, 5) is 4.68. The normalized spacial score (nSPS) is 12.3. The Kier molecular flexibility index (Phi) is 8.18. The molecule has 4 heteroatoms. The molecule has 0 saturated heterocycles. The lowest BCUT2D eigenvalue weighted by Crippen LogP contribution is -2.10. The van der Waals surface area contributed by atoms with E-state index in [2.05, 4.69) is 216 Å². The van der Waals surface area contributed by atoms with E-state index in [-0.39, 0.29) is 0 Å². The summed E-state index contributed by atoms with van der Waals surface area (Å²) < 4.78 is 12.5. The molecule has 0 radical (unpaired) electrons. The first kappa shape index (κ1) is 36.1. The van der Waals surface area contributed by atoms with Crippen LogP contribution >= 0.6 is 0 Å². The summed E-state index contributed by atoms with van der Waals surface area (Å²) in [6, 6.07) is 82.9. The van der Waals surface area contributed by atoms with E-state index in [4.69, 9.17) is 8.83 Å². The summed E-state index contributed by atoms with van der Waals surface area (Å²) in [6.07, 6.45) is 0. The Labute approximate surface area is 370 Å². The van der Waals surface area contributed by atoms with Crippen LogP contribution in [0.5, 0.6) is 0 Å². The predicted molar refractivity (Wildman–Crippen MR) is 266 cm³/mol. The first-order chi connectivity index (χ1) is 31.7. The minimum Gasteiger partial charge on any atom is -0.456 e. The molecule has 9 heterocycles. The van der Waals surface area contributed by atoms with E-state index >= 15 is 0 Å². The molecule has 0 unspecified atom stereocenters. The fourth-order valence-electron chi connectivity index (χ4n) is 9.73. The molecule has 0 spiro atoms. The molecule has 64 heavy (non-hydrogen) atoms. The van der Waals surface area contributed by atoms with Crippen molar-refractivity contribution in [3.63, 3.8) is 0 Å². The van der Waals surface area contributed by atoms with Crippen LogP contribution < -0.4 is 9.80 Å². The van der Waals surface area contributed by atoms with E-state index in [1.807, 2.05) is 24.3 Å². The molecule has 19 rings (SSSR count). The summed E-state index contributed by atoms with van der Waals surface area (Å²) in [5, 5.41) is 4.40. The predicted octanol–water partition coefficient (Wildman–Crippen LogP) is 17.4. The SMILES string of the molecule is c1ccc2c(c1)-c1ccc(cc1)N(c1ccc3oc4ccccc4c3c1)c1ccc(cc1)-c1ccccc1-c1ccc(cc1)N(c1ccc3oc4ccccc4c3c1)c1ccc-2cc1. The standard InChI is InChI=1S/C60H38N2O2/c1-2-10-50-40-19-27-44(28-20-40)62(48-34-36-60-56(38-48)54-14-6-8-16-58(54)64-60)46-31-23-42(24-32-46)52-12-4-3-11-51(52)41-21-29-45(30-22-41)61(43-25-17-39(18-26-43)49(50)9-1)47-33-35-59-55(37-47)53-13-5-7-15-57(53)63-59/h1-38H. The van der Waals surface area contributed by atoms with Crippen molar-refractivity contribution in [2.75, 3.05) is 9.80 Å². The fourth-order valence-corrected chi connectivity index (χ4v) is 9.73. The van der Waals surface area contributed by atoms with Crippen LogP contribution in [0.3, 0.4) is 0 Å². The quantitative estimate of drug-likeness (QED) is 0.174. The second kappa shape index (κ2) is 14.5. The number of hydrogen-bond donors (Lipinski definition) is 0. The summed E-state index contributed by atoms with van der Waals surface area (Å²) >= 11 is 0. The lowest BCUT2D eigenvalue weighted by atomic mass is 9.93. The third-order valence-electron chi connectivity index (χ3n) is 12.8. The second-order valence-corrected chi connectivity index (χ2v) is 16.5. The van der Waals surface area contributed by atoms with E-state index in [0.717, 1.165) is 100 Å². The van der Waals surface area contributed by atoms with E-state index in [9.17, 15) is 0 Å². The van der Waals surface area contributed by atoms with Gasteiger partial charge in [0.25, 0.3) is 0 Å². The molecule has 300 valence electrons. The maximum atomic E-state index is 6.26. The Bertz CT molecular complexity index is 3330. The summed E-state index contributed by atoms with van der Waals surface area (Å²) in [5.41, 5.74) is 19.2. The third-order valence-corrected chi connectivity index (χ3v) is 12.8. The maximum Gasteiger partial charge on any atom is 0.135 e. The smallest absolute Gasteiger partial charge is 0.135 e. The van der Waals surface area contributed by atoms with E-state index in [1.165, 1.54) is 22.3 Å². The highest BCUT2D eigenvalue weighted by Gasteiger charge is 2.20. The Morgan fingerprint density at radius 3 is 0.812 bits per heavy atom. The van der Waals surface area contributed by atoms with Gasteiger partial charge in [0.05, 0.1) is 0 Å². The number of furan rings is 2. The van der Waals surface area contributed by atoms with Gasteiger partial charge in [-0.3, -0.25) is 0 Å². The van der Waals surface area contributed by atoms with E-state index < -0.39 is 0 Å². The van der Waals surface area contributed by atoms with Gasteiger partial charge in [0.1, 0.15) is 22.3 Å². The largest absolute Gasteiger partial charge is 0.456 e. The molecule has 0 saturated carbocycles. The van der Waals surface area contributed by atoms with Crippen molar-refractivity contribution in [3.8, 4) is 44.5 Å². The van der Waals surface area contributed by atoms with Crippen molar-refractivity contribution in [2.24, 2.45) is 0 Å². The zero-order valence-electron chi connectivity index (χ0n) is 34.7. The minimum absolute atomic E-state index is 0.877. The lowest BCUT2D eigenvalue weighted by molar-refractivity contribution is 0.668. The molecular weight excluding hydrogens is 781 g/mol. The number of hydrogen-bond acceptors (Lipinski definition) is 4. The highest BCUT2D eigenvalue weighted by molar-refractivity contribution is 6.08. The number of fused-ring (bicyclic) bond motifs is 6. The average molecular weight is 819 g/mol. The average Bonchev–Trinajstić information content (AvgIpc) is 3.93. The van der Waals surface area contributed by atoms with Gasteiger partial charge in [-0.2, -0.15) is 0 Å². The molecule has 0 atom stereocenters. The summed E-state index contributed by atoms with van der Waals surface area (Å²) in [5.74, 6) is 0. The topological polar surface area (TPSA) is 32.8 Å². The highest BCUT2D eigenvalue weighted by atomic mass is 16.3. The van der Waals surface area contributed by atoms with Crippen LogP contribution in [0.1, 0.15) is 0 Å². The summed E-state index contributed by atoms with van der Waals surface area (Å²) in [7, 11) is 0. The molecular formula is C60H38N2O2. The molecule has 4 nitrogen and oxygen atoms in total. The molecule has 0 N–H and O–H groups in total. The van der Waals surface area contributed by atoms with Gasteiger partial charge in [0.15, 0.2) is 0 Å². The molecule has 8 bridgehead atoms. The van der Waals surface area contributed by atoms with Gasteiger partial charge < -0.3 is 18.6 Å².